The zero-order valence-electron chi connectivity index (χ0n) is 12.3. The van der Waals surface area contributed by atoms with Crippen molar-refractivity contribution in [1.29, 1.82) is 0 Å². The SMILES string of the molecule is CC(C)(C)c1cc(Br)c(NCc2cnc(Cl)s2)c([N+](=O)[O-])c1. The van der Waals surface area contributed by atoms with Crippen LogP contribution in [0.25, 0.3) is 0 Å². The second-order valence-electron chi connectivity index (χ2n) is 5.79. The third-order valence-electron chi connectivity index (χ3n) is 3.10. The number of hydrogen-bond acceptors (Lipinski definition) is 5. The van der Waals surface area contributed by atoms with Crippen LogP contribution in [-0.2, 0) is 12.0 Å². The molecule has 8 heteroatoms. The predicted octanol–water partition coefficient (Wildman–Crippen LogP) is 5.38. The number of nitrogens with one attached hydrogen (secondary N) is 1. The molecule has 1 heterocycles. The van der Waals surface area contributed by atoms with Gasteiger partial charge in [-0.05, 0) is 33.0 Å². The Hall–Kier alpha value is -1.18. The summed E-state index contributed by atoms with van der Waals surface area (Å²) in [6.07, 6.45) is 1.66. The lowest BCUT2D eigenvalue weighted by Gasteiger charge is -2.20. The molecule has 0 spiro atoms. The highest BCUT2D eigenvalue weighted by atomic mass is 79.9. The van der Waals surface area contributed by atoms with Crippen LogP contribution < -0.4 is 5.32 Å². The van der Waals surface area contributed by atoms with Crippen molar-refractivity contribution in [3.63, 3.8) is 0 Å². The highest BCUT2D eigenvalue weighted by Gasteiger charge is 2.23. The molecule has 0 saturated carbocycles. The zero-order valence-corrected chi connectivity index (χ0v) is 15.5. The number of nitrogens with zero attached hydrogens (tertiary/aromatic N) is 2. The normalized spacial score (nSPS) is 11.5. The van der Waals surface area contributed by atoms with Crippen LogP contribution in [0.4, 0.5) is 11.4 Å². The minimum Gasteiger partial charge on any atom is -0.374 e. The van der Waals surface area contributed by atoms with E-state index in [2.05, 4.69) is 26.2 Å². The number of nitro benzene ring substituents is 1. The molecule has 1 aromatic carbocycles. The van der Waals surface area contributed by atoms with Gasteiger partial charge in [0.2, 0.25) is 0 Å². The predicted molar refractivity (Wildman–Crippen MR) is 93.9 cm³/mol. The standard InChI is InChI=1S/C14H15BrClN3O2S/c1-14(2,3)8-4-10(15)12(11(5-8)19(20)21)17-6-9-7-18-13(16)22-9/h4-5,7,17H,6H2,1-3H3. The summed E-state index contributed by atoms with van der Waals surface area (Å²) in [4.78, 5) is 15.9. The van der Waals surface area contributed by atoms with E-state index in [0.717, 1.165) is 10.4 Å². The molecule has 0 bridgehead atoms. The third kappa shape index (κ3) is 3.97. The molecule has 0 unspecified atom stereocenters. The summed E-state index contributed by atoms with van der Waals surface area (Å²) >= 11 is 10.6. The molecule has 2 rings (SSSR count). The van der Waals surface area contributed by atoms with Gasteiger partial charge < -0.3 is 5.32 Å². The van der Waals surface area contributed by atoms with Crippen LogP contribution in [0.15, 0.2) is 22.8 Å². The highest BCUT2D eigenvalue weighted by molar-refractivity contribution is 9.10. The van der Waals surface area contributed by atoms with Gasteiger partial charge in [0.15, 0.2) is 4.47 Å². The van der Waals surface area contributed by atoms with E-state index in [1.165, 1.54) is 11.3 Å². The van der Waals surface area contributed by atoms with Crippen molar-refractivity contribution in [2.45, 2.75) is 32.7 Å². The average Bonchev–Trinajstić information content (AvgIpc) is 2.81. The van der Waals surface area contributed by atoms with E-state index in [0.29, 0.717) is 21.2 Å². The maximum atomic E-state index is 11.4. The Kier molecular flexibility index (Phi) is 5.09. The topological polar surface area (TPSA) is 68.1 Å². The lowest BCUT2D eigenvalue weighted by Crippen LogP contribution is -2.12. The molecule has 1 N–H and O–H groups in total. The van der Waals surface area contributed by atoms with Crippen molar-refractivity contribution < 1.29 is 4.92 Å². The molecule has 118 valence electrons. The Morgan fingerprint density at radius 2 is 2.14 bits per heavy atom. The Balaban J connectivity index is 2.35. The minimum atomic E-state index is -0.373. The molecule has 2 aromatic rings. The minimum absolute atomic E-state index is 0.0508. The molecule has 0 aliphatic heterocycles. The van der Waals surface area contributed by atoms with Gasteiger partial charge in [-0.3, -0.25) is 10.1 Å². The first-order valence-corrected chi connectivity index (χ1v) is 8.49. The zero-order chi connectivity index (χ0) is 16.5. The summed E-state index contributed by atoms with van der Waals surface area (Å²) in [6, 6.07) is 3.53. The summed E-state index contributed by atoms with van der Waals surface area (Å²) < 4.78 is 1.12. The van der Waals surface area contributed by atoms with E-state index in [-0.39, 0.29) is 16.0 Å². The van der Waals surface area contributed by atoms with Crippen LogP contribution in [0.2, 0.25) is 4.47 Å². The molecule has 0 atom stereocenters. The lowest BCUT2D eigenvalue weighted by molar-refractivity contribution is -0.384. The Labute approximate surface area is 146 Å². The molecule has 0 radical (unpaired) electrons. The first kappa shape index (κ1) is 17.2. The molecule has 0 fully saturated rings. The third-order valence-corrected chi connectivity index (χ3v) is 4.84. The molecule has 0 saturated heterocycles. The maximum Gasteiger partial charge on any atom is 0.293 e. The van der Waals surface area contributed by atoms with Crippen LogP contribution in [0, 0.1) is 10.1 Å². The summed E-state index contributed by atoms with van der Waals surface area (Å²) in [6.45, 7) is 6.49. The molecular weight excluding hydrogens is 390 g/mol. The van der Waals surface area contributed by atoms with Crippen LogP contribution in [-0.4, -0.2) is 9.91 Å². The largest absolute Gasteiger partial charge is 0.374 e. The summed E-state index contributed by atoms with van der Waals surface area (Å²) in [7, 11) is 0. The summed E-state index contributed by atoms with van der Waals surface area (Å²) in [5.74, 6) is 0. The van der Waals surface area contributed by atoms with Crippen molar-refractivity contribution in [2.24, 2.45) is 0 Å². The first-order valence-electron chi connectivity index (χ1n) is 6.51. The van der Waals surface area contributed by atoms with Crippen molar-refractivity contribution in [1.82, 2.24) is 4.98 Å². The van der Waals surface area contributed by atoms with Gasteiger partial charge in [-0.25, -0.2) is 4.98 Å². The number of thiazole rings is 1. The number of benzene rings is 1. The fourth-order valence-electron chi connectivity index (χ4n) is 1.89. The van der Waals surface area contributed by atoms with Crippen molar-refractivity contribution in [3.05, 3.63) is 47.8 Å². The quantitative estimate of drug-likeness (QED) is 0.549. The number of aromatic nitrogens is 1. The van der Waals surface area contributed by atoms with Gasteiger partial charge in [-0.2, -0.15) is 0 Å². The number of nitro groups is 1. The van der Waals surface area contributed by atoms with Crippen molar-refractivity contribution >= 4 is 50.2 Å². The number of anilines is 1. The van der Waals surface area contributed by atoms with Gasteiger partial charge in [-0.1, -0.05) is 32.4 Å². The second kappa shape index (κ2) is 6.52. The molecule has 22 heavy (non-hydrogen) atoms. The van der Waals surface area contributed by atoms with E-state index in [1.54, 1.807) is 12.3 Å². The number of hydrogen-bond donors (Lipinski definition) is 1. The van der Waals surface area contributed by atoms with Crippen LogP contribution in [0.1, 0.15) is 31.2 Å². The summed E-state index contributed by atoms with van der Waals surface area (Å²) in [5, 5.41) is 14.5. The van der Waals surface area contributed by atoms with E-state index < -0.39 is 0 Å². The van der Waals surface area contributed by atoms with Crippen molar-refractivity contribution in [2.75, 3.05) is 5.32 Å². The van der Waals surface area contributed by atoms with Gasteiger partial charge in [0.1, 0.15) is 5.69 Å². The second-order valence-corrected chi connectivity index (χ2v) is 8.34. The number of halogens is 2. The van der Waals surface area contributed by atoms with Crippen LogP contribution in [0.3, 0.4) is 0 Å². The van der Waals surface area contributed by atoms with Crippen LogP contribution >= 0.6 is 38.9 Å². The van der Waals surface area contributed by atoms with Gasteiger partial charge >= 0.3 is 0 Å². The molecule has 0 aliphatic rings. The smallest absolute Gasteiger partial charge is 0.293 e. The fraction of sp³-hybridized carbons (Fsp3) is 0.357. The summed E-state index contributed by atoms with van der Waals surface area (Å²) in [5.41, 5.74) is 1.24. The Morgan fingerprint density at radius 1 is 1.45 bits per heavy atom. The first-order chi connectivity index (χ1) is 10.2. The van der Waals surface area contributed by atoms with Gasteiger partial charge in [0.05, 0.1) is 11.5 Å². The van der Waals surface area contributed by atoms with Crippen molar-refractivity contribution in [3.8, 4) is 0 Å². The molecule has 0 amide bonds. The van der Waals surface area contributed by atoms with Gasteiger partial charge in [-0.15, -0.1) is 11.3 Å². The molecule has 1 aromatic heterocycles. The number of rotatable bonds is 4. The Morgan fingerprint density at radius 3 is 2.64 bits per heavy atom. The van der Waals surface area contributed by atoms with Crippen LogP contribution in [0.5, 0.6) is 0 Å². The monoisotopic (exact) mass is 403 g/mol. The molecule has 0 aliphatic carbocycles. The van der Waals surface area contributed by atoms with E-state index >= 15 is 0 Å². The lowest BCUT2D eigenvalue weighted by atomic mass is 9.86. The van der Waals surface area contributed by atoms with E-state index in [9.17, 15) is 10.1 Å². The maximum absolute atomic E-state index is 11.4. The van der Waals surface area contributed by atoms with Gasteiger partial charge in [0, 0.05) is 21.6 Å². The van der Waals surface area contributed by atoms with E-state index in [1.807, 2.05) is 26.8 Å². The molecule has 5 nitrogen and oxygen atoms in total. The molecular formula is C14H15BrClN3O2S. The van der Waals surface area contributed by atoms with E-state index in [4.69, 9.17) is 11.6 Å². The van der Waals surface area contributed by atoms with Gasteiger partial charge in [0.25, 0.3) is 5.69 Å². The fourth-order valence-corrected chi connectivity index (χ4v) is 3.39. The Bertz CT molecular complexity index is 713. The average molecular weight is 405 g/mol. The highest BCUT2D eigenvalue weighted by Crippen LogP contribution is 2.38.